The molecule has 10 heteroatoms. The number of carbonyl (C=O) groups excluding carboxylic acids is 1. The van der Waals surface area contributed by atoms with Crippen molar-refractivity contribution < 1.29 is 9.18 Å². The van der Waals surface area contributed by atoms with E-state index >= 15 is 0 Å². The van der Waals surface area contributed by atoms with Crippen molar-refractivity contribution in [2.24, 2.45) is 0 Å². The average Bonchev–Trinajstić information content (AvgIpc) is 3.47. The maximum atomic E-state index is 13.3. The Kier molecular flexibility index (Phi) is 5.80. The van der Waals surface area contributed by atoms with Gasteiger partial charge in [-0.05, 0) is 30.5 Å². The van der Waals surface area contributed by atoms with Crippen molar-refractivity contribution in [2.45, 2.75) is 31.7 Å². The molecule has 30 heavy (non-hydrogen) atoms. The van der Waals surface area contributed by atoms with Gasteiger partial charge in [-0.25, -0.2) is 9.37 Å². The van der Waals surface area contributed by atoms with Gasteiger partial charge in [0.25, 0.3) is 0 Å². The van der Waals surface area contributed by atoms with Crippen molar-refractivity contribution in [1.29, 1.82) is 0 Å². The molecular weight excluding hydrogens is 409 g/mol. The van der Waals surface area contributed by atoms with Crippen LogP contribution >= 0.6 is 11.6 Å². The number of nitrogens with one attached hydrogen (secondary N) is 4. The number of carbonyl (C=O) groups is 1. The van der Waals surface area contributed by atoms with E-state index in [2.05, 4.69) is 36.1 Å². The van der Waals surface area contributed by atoms with Crippen LogP contribution in [0.25, 0.3) is 0 Å². The number of aromatic nitrogens is 4. The van der Waals surface area contributed by atoms with E-state index in [0.717, 1.165) is 11.3 Å². The molecule has 0 saturated heterocycles. The van der Waals surface area contributed by atoms with Crippen LogP contribution < -0.4 is 16.0 Å². The minimum atomic E-state index is -0.365. The Morgan fingerprint density at radius 1 is 1.33 bits per heavy atom. The predicted octanol–water partition coefficient (Wildman–Crippen LogP) is 3.90. The van der Waals surface area contributed by atoms with Gasteiger partial charge in [-0.2, -0.15) is 10.1 Å². The van der Waals surface area contributed by atoms with Gasteiger partial charge in [0.1, 0.15) is 10.8 Å². The topological polar surface area (TPSA) is 108 Å². The highest BCUT2D eigenvalue weighted by atomic mass is 35.5. The van der Waals surface area contributed by atoms with Crippen LogP contribution in [0, 0.1) is 5.82 Å². The molecule has 4 rings (SSSR count). The number of hydrogen-bond acceptors (Lipinski definition) is 6. The molecule has 3 aromatic rings. The Hall–Kier alpha value is -3.20. The summed E-state index contributed by atoms with van der Waals surface area (Å²) in [4.78, 5) is 20.0. The number of aromatic amines is 1. The van der Waals surface area contributed by atoms with Crippen molar-refractivity contribution in [3.05, 3.63) is 58.6 Å². The molecule has 1 saturated carbocycles. The second-order valence-electron chi connectivity index (χ2n) is 7.18. The lowest BCUT2D eigenvalue weighted by molar-refractivity contribution is -0.119. The van der Waals surface area contributed by atoms with Gasteiger partial charge in [-0.3, -0.25) is 9.89 Å². The molecule has 0 bridgehead atoms. The summed E-state index contributed by atoms with van der Waals surface area (Å²) in [7, 11) is 0. The SMILES string of the molecule is CC(=O)NC[C@@H](Nc1ncc(Cl)c(Nc2cc(C3CC3)[nH]n2)n1)c1ccc(F)cc1. The van der Waals surface area contributed by atoms with Crippen LogP contribution in [0.2, 0.25) is 5.02 Å². The van der Waals surface area contributed by atoms with Crippen molar-refractivity contribution >= 4 is 35.1 Å². The summed E-state index contributed by atoms with van der Waals surface area (Å²) in [6.07, 6.45) is 3.82. The third kappa shape index (κ3) is 5.04. The molecule has 1 amide bonds. The van der Waals surface area contributed by atoms with Gasteiger partial charge in [0.2, 0.25) is 11.9 Å². The Labute approximate surface area is 177 Å². The zero-order valence-electron chi connectivity index (χ0n) is 16.2. The van der Waals surface area contributed by atoms with Crippen molar-refractivity contribution in [3.8, 4) is 0 Å². The Morgan fingerprint density at radius 2 is 2.10 bits per heavy atom. The molecule has 1 aliphatic rings. The van der Waals surface area contributed by atoms with Gasteiger partial charge in [0.15, 0.2) is 11.6 Å². The quantitative estimate of drug-likeness (QED) is 0.432. The van der Waals surface area contributed by atoms with Crippen LogP contribution in [-0.4, -0.2) is 32.6 Å². The zero-order valence-corrected chi connectivity index (χ0v) is 17.0. The summed E-state index contributed by atoms with van der Waals surface area (Å²) in [6.45, 7) is 1.71. The zero-order chi connectivity index (χ0) is 21.1. The smallest absolute Gasteiger partial charge is 0.225 e. The van der Waals surface area contributed by atoms with E-state index in [-0.39, 0.29) is 24.3 Å². The first-order chi connectivity index (χ1) is 14.5. The molecular formula is C20H21ClFN7O. The molecule has 156 valence electrons. The number of H-pyrrole nitrogens is 1. The normalized spacial score (nSPS) is 14.2. The average molecular weight is 430 g/mol. The fourth-order valence-corrected chi connectivity index (χ4v) is 3.14. The molecule has 1 fully saturated rings. The van der Waals surface area contributed by atoms with Gasteiger partial charge in [0.05, 0.1) is 12.2 Å². The number of nitrogens with zero attached hydrogens (tertiary/aromatic N) is 3. The predicted molar refractivity (Wildman–Crippen MR) is 112 cm³/mol. The second-order valence-corrected chi connectivity index (χ2v) is 7.59. The highest BCUT2D eigenvalue weighted by Crippen LogP contribution is 2.39. The number of anilines is 3. The van der Waals surface area contributed by atoms with Crippen LogP contribution in [0.1, 0.15) is 43.0 Å². The van der Waals surface area contributed by atoms with Crippen molar-refractivity contribution in [3.63, 3.8) is 0 Å². The lowest BCUT2D eigenvalue weighted by Gasteiger charge is -2.20. The number of amides is 1. The van der Waals surface area contributed by atoms with E-state index in [9.17, 15) is 9.18 Å². The van der Waals surface area contributed by atoms with Crippen LogP contribution in [0.15, 0.2) is 36.5 Å². The number of halogens is 2. The molecule has 2 heterocycles. The number of hydrogen-bond donors (Lipinski definition) is 4. The van der Waals surface area contributed by atoms with Crippen LogP contribution in [0.4, 0.5) is 22.0 Å². The summed E-state index contributed by atoms with van der Waals surface area (Å²) in [6, 6.07) is 7.60. The van der Waals surface area contributed by atoms with Crippen LogP contribution in [0.5, 0.6) is 0 Å². The molecule has 1 atom stereocenters. The maximum absolute atomic E-state index is 13.3. The summed E-state index contributed by atoms with van der Waals surface area (Å²) in [5.41, 5.74) is 1.87. The highest BCUT2D eigenvalue weighted by molar-refractivity contribution is 6.32. The lowest BCUT2D eigenvalue weighted by Crippen LogP contribution is -2.30. The fourth-order valence-electron chi connectivity index (χ4n) is 3.00. The second kappa shape index (κ2) is 8.66. The summed E-state index contributed by atoms with van der Waals surface area (Å²) < 4.78 is 13.3. The van der Waals surface area contributed by atoms with E-state index in [1.165, 1.54) is 38.1 Å². The summed E-state index contributed by atoms with van der Waals surface area (Å²) >= 11 is 6.25. The minimum absolute atomic E-state index is 0.173. The molecule has 1 aromatic carbocycles. The monoisotopic (exact) mass is 429 g/mol. The number of benzene rings is 1. The Morgan fingerprint density at radius 3 is 2.80 bits per heavy atom. The molecule has 0 unspecified atom stereocenters. The number of rotatable bonds is 8. The lowest BCUT2D eigenvalue weighted by atomic mass is 10.1. The van der Waals surface area contributed by atoms with Crippen molar-refractivity contribution in [2.75, 3.05) is 17.2 Å². The standard InChI is InChI=1S/C20H21ClFN7O/c1-11(30)23-10-17(13-4-6-14(22)7-5-13)25-20-24-9-15(21)19(27-20)26-18-8-16(28-29-18)12-2-3-12/h4-9,12,17H,2-3,10H2,1H3,(H,23,30)(H3,24,25,26,27,28,29)/t17-/m1/s1. The molecule has 0 aliphatic heterocycles. The van der Waals surface area contributed by atoms with Gasteiger partial charge < -0.3 is 16.0 Å². The highest BCUT2D eigenvalue weighted by Gasteiger charge is 2.25. The van der Waals surface area contributed by atoms with E-state index in [4.69, 9.17) is 11.6 Å². The van der Waals surface area contributed by atoms with Crippen LogP contribution in [0.3, 0.4) is 0 Å². The van der Waals surface area contributed by atoms with Gasteiger partial charge in [0, 0.05) is 31.1 Å². The molecule has 4 N–H and O–H groups in total. The summed E-state index contributed by atoms with van der Waals surface area (Å²) in [5, 5.41) is 16.6. The molecule has 1 aliphatic carbocycles. The third-order valence-electron chi connectivity index (χ3n) is 4.74. The maximum Gasteiger partial charge on any atom is 0.225 e. The molecule has 2 aromatic heterocycles. The van der Waals surface area contributed by atoms with Crippen molar-refractivity contribution in [1.82, 2.24) is 25.5 Å². The van der Waals surface area contributed by atoms with E-state index < -0.39 is 0 Å². The Balaban J connectivity index is 1.52. The largest absolute Gasteiger partial charge is 0.354 e. The van der Waals surface area contributed by atoms with Gasteiger partial charge in [-0.15, -0.1) is 0 Å². The van der Waals surface area contributed by atoms with Crippen LogP contribution in [-0.2, 0) is 4.79 Å². The van der Waals surface area contributed by atoms with E-state index in [0.29, 0.717) is 28.5 Å². The fraction of sp³-hybridized carbons (Fsp3) is 0.300. The molecule has 0 radical (unpaired) electrons. The molecule has 0 spiro atoms. The van der Waals surface area contributed by atoms with Gasteiger partial charge in [-0.1, -0.05) is 23.7 Å². The first-order valence-electron chi connectivity index (χ1n) is 9.59. The third-order valence-corrected chi connectivity index (χ3v) is 5.01. The first-order valence-corrected chi connectivity index (χ1v) is 9.97. The van der Waals surface area contributed by atoms with E-state index in [1.807, 2.05) is 6.07 Å². The first kappa shape index (κ1) is 20.1. The minimum Gasteiger partial charge on any atom is -0.354 e. The summed E-state index contributed by atoms with van der Waals surface area (Å²) in [5.74, 6) is 1.37. The molecule has 8 nitrogen and oxygen atoms in total. The Bertz CT molecular complexity index is 1040. The van der Waals surface area contributed by atoms with E-state index in [1.54, 1.807) is 12.1 Å². The van der Waals surface area contributed by atoms with Gasteiger partial charge >= 0.3 is 0 Å².